The van der Waals surface area contributed by atoms with Crippen molar-refractivity contribution >= 4 is 5.71 Å². The molecule has 0 radical (unpaired) electrons. The summed E-state index contributed by atoms with van der Waals surface area (Å²) < 4.78 is 0. The SMILES string of the molecule is N=C(CCNCCNCC/C=C/CCN(CCN)CCCCCN)CCN(CCN)CCN. The van der Waals surface area contributed by atoms with Gasteiger partial charge >= 0.3 is 0 Å². The average molecular weight is 470 g/mol. The minimum absolute atomic E-state index is 0.640. The van der Waals surface area contributed by atoms with E-state index >= 15 is 0 Å². The Morgan fingerprint density at radius 1 is 0.576 bits per heavy atom. The van der Waals surface area contributed by atoms with Crippen LogP contribution in [0.15, 0.2) is 12.2 Å². The molecule has 0 rings (SSSR count). The fourth-order valence-corrected chi connectivity index (χ4v) is 3.64. The number of nitrogens with two attached hydrogens (primary N) is 4. The Hall–Kier alpha value is -0.910. The molecular weight excluding hydrogens is 414 g/mol. The number of hydrogen-bond acceptors (Lipinski definition) is 9. The van der Waals surface area contributed by atoms with Crippen LogP contribution in [0.25, 0.3) is 0 Å². The van der Waals surface area contributed by atoms with Crippen LogP contribution in [0.1, 0.15) is 44.9 Å². The summed E-state index contributed by atoms with van der Waals surface area (Å²) >= 11 is 0. The lowest BCUT2D eigenvalue weighted by Gasteiger charge is -2.20. The zero-order valence-electron chi connectivity index (χ0n) is 21.2. The van der Waals surface area contributed by atoms with Crippen LogP contribution in [0, 0.1) is 5.41 Å². The summed E-state index contributed by atoms with van der Waals surface area (Å²) in [7, 11) is 0. The van der Waals surface area contributed by atoms with Crippen LogP contribution in [-0.4, -0.2) is 107 Å². The van der Waals surface area contributed by atoms with Gasteiger partial charge in [-0.25, -0.2) is 0 Å². The Morgan fingerprint density at radius 3 is 1.82 bits per heavy atom. The predicted molar refractivity (Wildman–Crippen MR) is 144 cm³/mol. The van der Waals surface area contributed by atoms with Gasteiger partial charge in [0.2, 0.25) is 0 Å². The normalized spacial score (nSPS) is 11.9. The Bertz CT molecular complexity index is 440. The van der Waals surface area contributed by atoms with E-state index in [1.807, 2.05) is 0 Å². The van der Waals surface area contributed by atoms with E-state index in [1.165, 1.54) is 12.8 Å². The highest BCUT2D eigenvalue weighted by molar-refractivity contribution is 5.81. The zero-order valence-corrected chi connectivity index (χ0v) is 21.2. The molecule has 33 heavy (non-hydrogen) atoms. The molecule has 0 aromatic rings. The summed E-state index contributed by atoms with van der Waals surface area (Å²) in [6.07, 6.45) is 11.8. The lowest BCUT2D eigenvalue weighted by molar-refractivity contribution is 0.279. The largest absolute Gasteiger partial charge is 0.330 e. The fraction of sp³-hybridized carbons (Fsp3) is 0.875. The van der Waals surface area contributed by atoms with Crippen molar-refractivity contribution in [1.29, 1.82) is 5.41 Å². The summed E-state index contributed by atoms with van der Waals surface area (Å²) in [6.45, 7) is 12.3. The highest BCUT2D eigenvalue weighted by Crippen LogP contribution is 2.00. The number of nitrogens with zero attached hydrogens (tertiary/aromatic N) is 2. The van der Waals surface area contributed by atoms with Crippen LogP contribution in [0.3, 0.4) is 0 Å². The minimum atomic E-state index is 0.640. The first kappa shape index (κ1) is 32.1. The van der Waals surface area contributed by atoms with Crippen LogP contribution < -0.4 is 33.6 Å². The van der Waals surface area contributed by atoms with Crippen molar-refractivity contribution in [2.75, 3.05) is 91.6 Å². The lowest BCUT2D eigenvalue weighted by Crippen LogP contribution is -2.35. The summed E-state index contributed by atoms with van der Waals surface area (Å²) in [5.41, 5.74) is 23.3. The molecule has 196 valence electrons. The van der Waals surface area contributed by atoms with E-state index in [2.05, 4.69) is 32.6 Å². The smallest absolute Gasteiger partial charge is 0.0114 e. The monoisotopic (exact) mass is 469 g/mol. The van der Waals surface area contributed by atoms with Gasteiger partial charge in [0, 0.05) is 77.7 Å². The van der Waals surface area contributed by atoms with E-state index < -0.39 is 0 Å². The topological polar surface area (TPSA) is 158 Å². The molecule has 0 aliphatic carbocycles. The molecule has 0 bridgehead atoms. The van der Waals surface area contributed by atoms with Crippen LogP contribution in [0.4, 0.5) is 0 Å². The maximum absolute atomic E-state index is 8.11. The molecule has 9 nitrogen and oxygen atoms in total. The summed E-state index contributed by atoms with van der Waals surface area (Å²) in [6, 6.07) is 0. The van der Waals surface area contributed by atoms with Crippen LogP contribution in [0.2, 0.25) is 0 Å². The van der Waals surface area contributed by atoms with Crippen LogP contribution >= 0.6 is 0 Å². The van der Waals surface area contributed by atoms with Crippen molar-refractivity contribution in [2.24, 2.45) is 22.9 Å². The Kier molecular flexibility index (Phi) is 25.0. The van der Waals surface area contributed by atoms with Gasteiger partial charge in [-0.3, -0.25) is 0 Å². The van der Waals surface area contributed by atoms with E-state index in [-0.39, 0.29) is 0 Å². The Morgan fingerprint density at radius 2 is 1.18 bits per heavy atom. The predicted octanol–water partition coefficient (Wildman–Crippen LogP) is -0.0889. The standard InChI is InChI=1S/C24H55N9/c25-10-4-3-7-19-32(21-11-26)18-6-2-1-5-14-30-16-17-31-15-8-24(29)9-20-33(22-12-27)23-13-28/h1-2,29-31H,3-23,25-28H2/b2-1+,29-24?. The molecule has 0 unspecified atom stereocenters. The third-order valence-corrected chi connectivity index (χ3v) is 5.59. The Balaban J connectivity index is 3.58. The quantitative estimate of drug-likeness (QED) is 0.0526. The summed E-state index contributed by atoms with van der Waals surface area (Å²) in [4.78, 5) is 4.70. The van der Waals surface area contributed by atoms with E-state index in [1.54, 1.807) is 0 Å². The van der Waals surface area contributed by atoms with Crippen LogP contribution in [0.5, 0.6) is 0 Å². The highest BCUT2D eigenvalue weighted by atomic mass is 15.1. The first-order valence-electron chi connectivity index (χ1n) is 13.1. The molecular formula is C24H55N9. The van der Waals surface area contributed by atoms with E-state index in [9.17, 15) is 0 Å². The number of nitrogens with one attached hydrogen (secondary N) is 3. The summed E-state index contributed by atoms with van der Waals surface area (Å²) in [5, 5.41) is 15.0. The molecule has 9 heteroatoms. The van der Waals surface area contributed by atoms with Gasteiger partial charge in [0.15, 0.2) is 0 Å². The average Bonchev–Trinajstić information content (AvgIpc) is 2.81. The minimum Gasteiger partial charge on any atom is -0.330 e. The third kappa shape index (κ3) is 22.6. The second-order valence-corrected chi connectivity index (χ2v) is 8.55. The maximum atomic E-state index is 8.11. The number of rotatable bonds is 26. The fourth-order valence-electron chi connectivity index (χ4n) is 3.64. The highest BCUT2D eigenvalue weighted by Gasteiger charge is 2.05. The van der Waals surface area contributed by atoms with Gasteiger partial charge in [-0.05, 0) is 58.2 Å². The third-order valence-electron chi connectivity index (χ3n) is 5.59. The van der Waals surface area contributed by atoms with Gasteiger partial charge < -0.3 is 48.8 Å². The van der Waals surface area contributed by atoms with Crippen molar-refractivity contribution in [3.05, 3.63) is 12.2 Å². The molecule has 0 heterocycles. The van der Waals surface area contributed by atoms with E-state index in [0.29, 0.717) is 13.1 Å². The number of unbranched alkanes of at least 4 members (excludes halogenated alkanes) is 2. The maximum Gasteiger partial charge on any atom is 0.0114 e. The molecule has 0 aliphatic rings. The summed E-state index contributed by atoms with van der Waals surface area (Å²) in [5.74, 6) is 0. The molecule has 0 aliphatic heterocycles. The van der Waals surface area contributed by atoms with Gasteiger partial charge in [0.05, 0.1) is 0 Å². The van der Waals surface area contributed by atoms with Gasteiger partial charge in [-0.1, -0.05) is 18.6 Å². The van der Waals surface area contributed by atoms with E-state index in [0.717, 1.165) is 116 Å². The first-order valence-corrected chi connectivity index (χ1v) is 13.1. The number of hydrogen-bond donors (Lipinski definition) is 7. The second kappa shape index (κ2) is 25.7. The zero-order chi connectivity index (χ0) is 24.4. The van der Waals surface area contributed by atoms with Crippen molar-refractivity contribution in [3.8, 4) is 0 Å². The lowest BCUT2D eigenvalue weighted by atomic mass is 10.2. The van der Waals surface area contributed by atoms with Crippen molar-refractivity contribution in [1.82, 2.24) is 20.4 Å². The Labute approximate surface area is 203 Å². The second-order valence-electron chi connectivity index (χ2n) is 8.55. The van der Waals surface area contributed by atoms with E-state index in [4.69, 9.17) is 28.3 Å². The van der Waals surface area contributed by atoms with Crippen molar-refractivity contribution in [3.63, 3.8) is 0 Å². The molecule has 0 aromatic carbocycles. The molecule has 0 saturated heterocycles. The molecule has 0 amide bonds. The molecule has 11 N–H and O–H groups in total. The van der Waals surface area contributed by atoms with Gasteiger partial charge in [-0.15, -0.1) is 0 Å². The van der Waals surface area contributed by atoms with Crippen molar-refractivity contribution in [2.45, 2.75) is 44.9 Å². The molecule has 0 fully saturated rings. The molecule has 0 saturated carbocycles. The van der Waals surface area contributed by atoms with Crippen LogP contribution in [-0.2, 0) is 0 Å². The van der Waals surface area contributed by atoms with Gasteiger partial charge in [0.25, 0.3) is 0 Å². The van der Waals surface area contributed by atoms with Gasteiger partial charge in [-0.2, -0.15) is 0 Å². The molecule has 0 spiro atoms. The molecule has 0 aromatic heterocycles. The van der Waals surface area contributed by atoms with Gasteiger partial charge in [0.1, 0.15) is 0 Å². The first-order chi connectivity index (χ1) is 16.2. The molecule has 0 atom stereocenters. The van der Waals surface area contributed by atoms with Crippen molar-refractivity contribution < 1.29 is 0 Å².